The van der Waals surface area contributed by atoms with Gasteiger partial charge in [-0.3, -0.25) is 4.79 Å². The first-order chi connectivity index (χ1) is 14.7. The number of hydrogen-bond donors (Lipinski definition) is 0. The number of hydrogen-bond acceptors (Lipinski definition) is 7. The highest BCUT2D eigenvalue weighted by atomic mass is 16.5. The molecule has 8 heteroatoms. The van der Waals surface area contributed by atoms with Crippen molar-refractivity contribution in [2.45, 2.75) is 6.61 Å². The molecule has 0 saturated carbocycles. The lowest BCUT2D eigenvalue weighted by Crippen LogP contribution is -2.05. The summed E-state index contributed by atoms with van der Waals surface area (Å²) in [7, 11) is 1.59. The van der Waals surface area contributed by atoms with E-state index in [1.807, 2.05) is 30.3 Å². The zero-order valence-electron chi connectivity index (χ0n) is 16.0. The fourth-order valence-electron chi connectivity index (χ4n) is 3.24. The van der Waals surface area contributed by atoms with Gasteiger partial charge in [0.05, 0.1) is 23.3 Å². The molecule has 2 aromatic carbocycles. The summed E-state index contributed by atoms with van der Waals surface area (Å²) in [6.07, 6.45) is 2.87. The number of rotatable bonds is 5. The standard InChI is InChI=1S/C22H16N4O4/c1-28-11-15-9-20(26-22(25-15)23-13-24-26)30-16-7-8-17-19(10-16)29-12-18(21(17)27)14-5-3-2-4-6-14/h2-10,12-13H,11H2,1H3. The van der Waals surface area contributed by atoms with Crippen molar-refractivity contribution in [1.82, 2.24) is 19.6 Å². The van der Waals surface area contributed by atoms with Crippen LogP contribution in [-0.2, 0) is 11.3 Å². The Labute approximate surface area is 170 Å². The van der Waals surface area contributed by atoms with E-state index in [1.54, 1.807) is 31.4 Å². The van der Waals surface area contributed by atoms with E-state index >= 15 is 0 Å². The summed E-state index contributed by atoms with van der Waals surface area (Å²) in [6.45, 7) is 0.314. The van der Waals surface area contributed by atoms with Crippen molar-refractivity contribution < 1.29 is 13.9 Å². The number of fused-ring (bicyclic) bond motifs is 2. The van der Waals surface area contributed by atoms with Crippen LogP contribution in [0.4, 0.5) is 0 Å². The average molecular weight is 400 g/mol. The molecule has 0 aliphatic heterocycles. The second-order valence-electron chi connectivity index (χ2n) is 6.60. The van der Waals surface area contributed by atoms with Crippen LogP contribution >= 0.6 is 0 Å². The number of nitrogens with zero attached hydrogens (tertiary/aromatic N) is 4. The fourth-order valence-corrected chi connectivity index (χ4v) is 3.24. The van der Waals surface area contributed by atoms with E-state index in [0.717, 1.165) is 5.56 Å². The first kappa shape index (κ1) is 18.0. The van der Waals surface area contributed by atoms with Gasteiger partial charge in [0.1, 0.15) is 23.9 Å². The van der Waals surface area contributed by atoms with Gasteiger partial charge < -0.3 is 13.9 Å². The molecule has 0 atom stereocenters. The average Bonchev–Trinajstić information content (AvgIpc) is 3.24. The summed E-state index contributed by atoms with van der Waals surface area (Å²) < 4.78 is 18.4. The molecule has 0 aliphatic rings. The molecule has 0 bridgehead atoms. The predicted molar refractivity (Wildman–Crippen MR) is 109 cm³/mol. The molecule has 3 heterocycles. The Morgan fingerprint density at radius 3 is 2.80 bits per heavy atom. The van der Waals surface area contributed by atoms with Crippen molar-refractivity contribution in [2.75, 3.05) is 7.11 Å². The zero-order chi connectivity index (χ0) is 20.5. The Morgan fingerprint density at radius 1 is 1.10 bits per heavy atom. The maximum atomic E-state index is 12.9. The normalized spacial score (nSPS) is 11.2. The van der Waals surface area contributed by atoms with Crippen molar-refractivity contribution in [3.8, 4) is 22.8 Å². The van der Waals surface area contributed by atoms with Gasteiger partial charge in [0, 0.05) is 19.2 Å². The minimum absolute atomic E-state index is 0.0982. The van der Waals surface area contributed by atoms with Gasteiger partial charge in [-0.25, -0.2) is 4.98 Å². The molecule has 8 nitrogen and oxygen atoms in total. The smallest absolute Gasteiger partial charge is 0.255 e. The van der Waals surface area contributed by atoms with Crippen molar-refractivity contribution >= 4 is 16.7 Å². The van der Waals surface area contributed by atoms with Crippen LogP contribution in [0.5, 0.6) is 11.6 Å². The molecule has 3 aromatic heterocycles. The third kappa shape index (κ3) is 3.19. The van der Waals surface area contributed by atoms with Crippen molar-refractivity contribution in [1.29, 1.82) is 0 Å². The molecule has 148 valence electrons. The van der Waals surface area contributed by atoms with Crippen LogP contribution in [-0.4, -0.2) is 26.7 Å². The van der Waals surface area contributed by atoms with E-state index in [1.165, 1.54) is 17.1 Å². The number of aromatic nitrogens is 4. The highest BCUT2D eigenvalue weighted by Gasteiger charge is 2.13. The number of methoxy groups -OCH3 is 1. The Bertz CT molecular complexity index is 1410. The minimum atomic E-state index is -0.0982. The summed E-state index contributed by atoms with van der Waals surface area (Å²) in [5.41, 5.74) is 2.31. The van der Waals surface area contributed by atoms with Gasteiger partial charge in [-0.15, -0.1) is 0 Å². The van der Waals surface area contributed by atoms with E-state index in [4.69, 9.17) is 13.9 Å². The molecule has 0 amide bonds. The number of ether oxygens (including phenoxy) is 2. The summed E-state index contributed by atoms with van der Waals surface area (Å²) in [5, 5.41) is 4.62. The van der Waals surface area contributed by atoms with E-state index < -0.39 is 0 Å². The monoisotopic (exact) mass is 400 g/mol. The maximum absolute atomic E-state index is 12.9. The molecule has 0 N–H and O–H groups in total. The first-order valence-electron chi connectivity index (χ1n) is 9.20. The molecule has 5 aromatic rings. The summed E-state index contributed by atoms with van der Waals surface area (Å²) in [6, 6.07) is 16.2. The molecule has 0 unspecified atom stereocenters. The van der Waals surface area contributed by atoms with E-state index in [0.29, 0.717) is 46.2 Å². The largest absolute Gasteiger partial charge is 0.463 e. The van der Waals surface area contributed by atoms with Gasteiger partial charge in [-0.2, -0.15) is 14.6 Å². The second kappa shape index (κ2) is 7.41. The van der Waals surface area contributed by atoms with Crippen LogP contribution in [0.3, 0.4) is 0 Å². The quantitative estimate of drug-likeness (QED) is 0.443. The lowest BCUT2D eigenvalue weighted by molar-refractivity contribution is 0.181. The van der Waals surface area contributed by atoms with Gasteiger partial charge in [0.25, 0.3) is 5.78 Å². The molecular weight excluding hydrogens is 384 g/mol. The van der Waals surface area contributed by atoms with Crippen molar-refractivity contribution in [2.24, 2.45) is 0 Å². The molecular formula is C22H16N4O4. The van der Waals surface area contributed by atoms with Gasteiger partial charge >= 0.3 is 0 Å². The lowest BCUT2D eigenvalue weighted by Gasteiger charge is -2.09. The molecule has 5 rings (SSSR count). The van der Waals surface area contributed by atoms with E-state index in [9.17, 15) is 4.79 Å². The Kier molecular flexibility index (Phi) is 4.45. The van der Waals surface area contributed by atoms with Crippen molar-refractivity contribution in [3.05, 3.63) is 83.1 Å². The lowest BCUT2D eigenvalue weighted by atomic mass is 10.1. The Morgan fingerprint density at radius 2 is 1.97 bits per heavy atom. The van der Waals surface area contributed by atoms with E-state index in [-0.39, 0.29) is 5.43 Å². The Hall–Kier alpha value is -4.04. The molecule has 0 spiro atoms. The van der Waals surface area contributed by atoms with Gasteiger partial charge in [0.2, 0.25) is 5.88 Å². The fraction of sp³-hybridized carbons (Fsp3) is 0.0909. The third-order valence-corrected chi connectivity index (χ3v) is 4.62. The molecule has 0 aliphatic carbocycles. The van der Waals surface area contributed by atoms with Gasteiger partial charge in [0.15, 0.2) is 5.43 Å². The SMILES string of the molecule is COCc1cc(Oc2ccc3c(=O)c(-c4ccccc4)coc3c2)n2ncnc2n1. The second-order valence-corrected chi connectivity index (χ2v) is 6.60. The Balaban J connectivity index is 1.54. The summed E-state index contributed by atoms with van der Waals surface area (Å²) in [5.74, 6) is 1.32. The summed E-state index contributed by atoms with van der Waals surface area (Å²) >= 11 is 0. The molecule has 0 radical (unpaired) electrons. The van der Waals surface area contributed by atoms with Crippen LogP contribution < -0.4 is 10.2 Å². The topological polar surface area (TPSA) is 91.8 Å². The highest BCUT2D eigenvalue weighted by Crippen LogP contribution is 2.27. The number of benzene rings is 2. The van der Waals surface area contributed by atoms with Crippen LogP contribution in [0.25, 0.3) is 27.9 Å². The third-order valence-electron chi connectivity index (χ3n) is 4.62. The van der Waals surface area contributed by atoms with Crippen LogP contribution in [0, 0.1) is 0 Å². The predicted octanol–water partition coefficient (Wildman–Crippen LogP) is 3.84. The molecule has 0 fully saturated rings. The maximum Gasteiger partial charge on any atom is 0.255 e. The van der Waals surface area contributed by atoms with Gasteiger partial charge in [-0.05, 0) is 17.7 Å². The molecule has 30 heavy (non-hydrogen) atoms. The van der Waals surface area contributed by atoms with Crippen LogP contribution in [0.1, 0.15) is 5.69 Å². The van der Waals surface area contributed by atoms with E-state index in [2.05, 4.69) is 15.1 Å². The van der Waals surface area contributed by atoms with Crippen LogP contribution in [0.15, 0.2) is 76.4 Å². The molecule has 0 saturated heterocycles. The highest BCUT2D eigenvalue weighted by molar-refractivity contribution is 5.82. The zero-order valence-corrected chi connectivity index (χ0v) is 16.0. The minimum Gasteiger partial charge on any atom is -0.463 e. The summed E-state index contributed by atoms with van der Waals surface area (Å²) in [4.78, 5) is 21.4. The first-order valence-corrected chi connectivity index (χ1v) is 9.20. The van der Waals surface area contributed by atoms with Crippen molar-refractivity contribution in [3.63, 3.8) is 0 Å². The van der Waals surface area contributed by atoms with Crippen LogP contribution in [0.2, 0.25) is 0 Å². The van der Waals surface area contributed by atoms with Gasteiger partial charge in [-0.1, -0.05) is 30.3 Å².